The Morgan fingerprint density at radius 1 is 1.16 bits per heavy atom. The van der Waals surface area contributed by atoms with E-state index in [1.807, 2.05) is 50.6 Å². The number of alkyl carbamates (subject to hydrolysis) is 1. The molecule has 0 spiro atoms. The number of anilines is 3. The summed E-state index contributed by atoms with van der Waals surface area (Å²) in [5.41, 5.74) is 6.35. The average Bonchev–Trinajstić information content (AvgIpc) is 3.21. The second-order valence-corrected chi connectivity index (χ2v) is 10.8. The van der Waals surface area contributed by atoms with Crippen molar-refractivity contribution in [1.29, 1.82) is 0 Å². The van der Waals surface area contributed by atoms with Gasteiger partial charge in [-0.1, -0.05) is 13.8 Å². The molecule has 3 rings (SSSR count). The van der Waals surface area contributed by atoms with Crippen LogP contribution in [0.4, 0.5) is 26.5 Å². The molecule has 5 N–H and O–H groups in total. The van der Waals surface area contributed by atoms with Crippen LogP contribution in [0.3, 0.4) is 0 Å². The fraction of sp³-hybridized carbons (Fsp3) is 0.481. The van der Waals surface area contributed by atoms with Crippen molar-refractivity contribution in [2.75, 3.05) is 10.6 Å². The van der Waals surface area contributed by atoms with E-state index in [4.69, 9.17) is 10.5 Å². The van der Waals surface area contributed by atoms with Crippen molar-refractivity contribution in [1.82, 2.24) is 20.1 Å². The summed E-state index contributed by atoms with van der Waals surface area (Å²) in [4.78, 5) is 28.9. The lowest BCUT2D eigenvalue weighted by Gasteiger charge is -2.29. The van der Waals surface area contributed by atoms with E-state index in [0.29, 0.717) is 18.7 Å². The number of primary amides is 1. The van der Waals surface area contributed by atoms with Gasteiger partial charge < -0.3 is 26.4 Å². The Balaban J connectivity index is 1.92. The zero-order valence-electron chi connectivity index (χ0n) is 23.1. The number of nitrogens with one attached hydrogen (secondary N) is 3. The molecule has 0 radical (unpaired) electrons. The lowest BCUT2D eigenvalue weighted by molar-refractivity contribution is 0.0501. The Bertz CT molecular complexity index is 1300. The zero-order valence-corrected chi connectivity index (χ0v) is 23.1. The van der Waals surface area contributed by atoms with Gasteiger partial charge in [0.1, 0.15) is 11.4 Å². The second kappa shape index (κ2) is 11.7. The first-order valence-corrected chi connectivity index (χ1v) is 12.8. The fourth-order valence-corrected chi connectivity index (χ4v) is 4.08. The predicted octanol–water partition coefficient (Wildman–Crippen LogP) is 5.17. The number of carbonyl (C=O) groups excluding carboxylic acids is 2. The number of rotatable bonds is 10. The van der Waals surface area contributed by atoms with E-state index in [2.05, 4.69) is 26.0 Å². The van der Waals surface area contributed by atoms with E-state index >= 15 is 4.39 Å². The molecular weight excluding hydrogens is 489 g/mol. The van der Waals surface area contributed by atoms with Gasteiger partial charge in [-0.3, -0.25) is 9.48 Å². The number of aromatic nitrogens is 3. The predicted molar refractivity (Wildman–Crippen MR) is 147 cm³/mol. The van der Waals surface area contributed by atoms with Gasteiger partial charge in [-0.2, -0.15) is 5.10 Å². The van der Waals surface area contributed by atoms with E-state index in [1.54, 1.807) is 27.0 Å². The van der Waals surface area contributed by atoms with Crippen molar-refractivity contribution in [3.05, 3.63) is 41.8 Å². The van der Waals surface area contributed by atoms with Crippen LogP contribution in [0.1, 0.15) is 65.2 Å². The molecular formula is C27H38FN7O3. The van der Waals surface area contributed by atoms with Gasteiger partial charge in [0, 0.05) is 29.7 Å². The molecule has 1 aromatic carbocycles. The Labute approximate surface area is 222 Å². The number of benzene rings is 1. The summed E-state index contributed by atoms with van der Waals surface area (Å²) >= 11 is 0. The van der Waals surface area contributed by atoms with Gasteiger partial charge in [0.15, 0.2) is 11.6 Å². The van der Waals surface area contributed by atoms with E-state index in [-0.39, 0.29) is 29.2 Å². The zero-order chi connectivity index (χ0) is 28.2. The molecule has 0 aliphatic rings. The highest BCUT2D eigenvalue weighted by atomic mass is 19.1. The molecule has 0 saturated heterocycles. The number of nitrogens with zero attached hydrogens (tertiary/aromatic N) is 3. The van der Waals surface area contributed by atoms with Crippen molar-refractivity contribution in [3.63, 3.8) is 0 Å². The molecule has 0 unspecified atom stereocenters. The summed E-state index contributed by atoms with van der Waals surface area (Å²) in [6.45, 7) is 13.9. The Hall–Kier alpha value is -3.89. The van der Waals surface area contributed by atoms with E-state index in [0.717, 1.165) is 17.0 Å². The van der Waals surface area contributed by atoms with Gasteiger partial charge in [0.05, 0.1) is 17.3 Å². The molecule has 0 aliphatic carbocycles. The normalized spacial score (nSPS) is 13.3. The average molecular weight is 528 g/mol. The third kappa shape index (κ3) is 7.33. The van der Waals surface area contributed by atoms with Crippen LogP contribution in [-0.2, 0) is 11.3 Å². The Morgan fingerprint density at radius 3 is 2.47 bits per heavy atom. The lowest BCUT2D eigenvalue weighted by Crippen LogP contribution is -2.47. The summed E-state index contributed by atoms with van der Waals surface area (Å²) in [6.07, 6.45) is 1.81. The first kappa shape index (κ1) is 28.7. The largest absolute Gasteiger partial charge is 0.444 e. The molecule has 2 amide bonds. The maximum absolute atomic E-state index is 15.2. The highest BCUT2D eigenvalue weighted by Gasteiger charge is 2.26. The smallest absolute Gasteiger partial charge is 0.407 e. The Kier molecular flexibility index (Phi) is 8.80. The highest BCUT2D eigenvalue weighted by molar-refractivity contribution is 5.99. The molecule has 38 heavy (non-hydrogen) atoms. The maximum atomic E-state index is 15.2. The minimum absolute atomic E-state index is 0.0688. The first-order chi connectivity index (χ1) is 17.8. The molecule has 0 aliphatic heterocycles. The van der Waals surface area contributed by atoms with Gasteiger partial charge in [-0.25, -0.2) is 14.2 Å². The van der Waals surface area contributed by atoms with Crippen molar-refractivity contribution in [2.24, 2.45) is 11.7 Å². The lowest BCUT2D eigenvalue weighted by atomic mass is 9.98. The number of hydrogen-bond acceptors (Lipinski definition) is 7. The molecule has 11 heteroatoms. The Morgan fingerprint density at radius 2 is 1.87 bits per heavy atom. The summed E-state index contributed by atoms with van der Waals surface area (Å²) in [7, 11) is 0. The fourth-order valence-electron chi connectivity index (χ4n) is 4.08. The quantitative estimate of drug-likeness (QED) is 0.285. The topological polar surface area (TPSA) is 136 Å². The first-order valence-electron chi connectivity index (χ1n) is 12.8. The number of ether oxygens (including phenoxy) is 1. The van der Waals surface area contributed by atoms with Crippen LogP contribution in [0.5, 0.6) is 0 Å². The number of nitrogens with two attached hydrogens (primary N) is 1. The molecule has 206 valence electrons. The molecule has 2 heterocycles. The monoisotopic (exact) mass is 527 g/mol. The summed E-state index contributed by atoms with van der Waals surface area (Å²) in [5.74, 6) is -1.28. The van der Waals surface area contributed by atoms with Crippen LogP contribution < -0.4 is 21.7 Å². The molecule has 0 bridgehead atoms. The molecule has 2 aromatic heterocycles. The van der Waals surface area contributed by atoms with E-state index in [9.17, 15) is 9.59 Å². The standard InChI is InChI=1S/C27H38FN7O3/c1-8-35-22-12-18(10-9-17(22)14-30-35)32-24-19(23(29)36)13-20(28)25(34-24)33-21(11-15(2)3)16(4)31-26(37)38-27(5,6)7/h9-10,12-16,21H,8,11H2,1-7H3,(H2,29,36)(H,31,37)(H2,32,33,34)/t16-,21+/m0/s1. The van der Waals surface area contributed by atoms with Crippen molar-refractivity contribution in [3.8, 4) is 0 Å². The number of fused-ring (bicyclic) bond motifs is 1. The van der Waals surface area contributed by atoms with Crippen LogP contribution in [0.15, 0.2) is 30.5 Å². The number of amides is 2. The minimum atomic E-state index is -0.816. The third-order valence-electron chi connectivity index (χ3n) is 5.84. The van der Waals surface area contributed by atoms with Crippen LogP contribution in [0.25, 0.3) is 10.9 Å². The summed E-state index contributed by atoms with van der Waals surface area (Å²) in [6, 6.07) is 5.86. The van der Waals surface area contributed by atoms with Crippen LogP contribution in [-0.4, -0.2) is 44.4 Å². The van der Waals surface area contributed by atoms with Gasteiger partial charge in [-0.15, -0.1) is 0 Å². The van der Waals surface area contributed by atoms with E-state index in [1.165, 1.54) is 0 Å². The van der Waals surface area contributed by atoms with Crippen LogP contribution >= 0.6 is 0 Å². The van der Waals surface area contributed by atoms with Gasteiger partial charge >= 0.3 is 6.09 Å². The van der Waals surface area contributed by atoms with Gasteiger partial charge in [0.25, 0.3) is 5.91 Å². The molecule has 10 nitrogen and oxygen atoms in total. The summed E-state index contributed by atoms with van der Waals surface area (Å²) in [5, 5.41) is 14.4. The molecule has 0 saturated carbocycles. The van der Waals surface area contributed by atoms with Gasteiger partial charge in [0.2, 0.25) is 0 Å². The highest BCUT2D eigenvalue weighted by Crippen LogP contribution is 2.27. The number of carbonyl (C=O) groups is 2. The number of hydrogen-bond donors (Lipinski definition) is 4. The molecule has 0 fully saturated rings. The summed E-state index contributed by atoms with van der Waals surface area (Å²) < 4.78 is 22.4. The molecule has 3 aromatic rings. The molecule has 2 atom stereocenters. The maximum Gasteiger partial charge on any atom is 0.407 e. The van der Waals surface area contributed by atoms with Crippen molar-refractivity contribution in [2.45, 2.75) is 79.1 Å². The van der Waals surface area contributed by atoms with Gasteiger partial charge in [-0.05, 0) is 71.2 Å². The minimum Gasteiger partial charge on any atom is -0.444 e. The SMILES string of the molecule is CCn1ncc2ccc(Nc3nc(N[C@H](CC(C)C)[C@H](C)NC(=O)OC(C)(C)C)c(F)cc3C(N)=O)cc21. The van der Waals surface area contributed by atoms with Crippen LogP contribution in [0, 0.1) is 11.7 Å². The number of aryl methyl sites for hydroxylation is 1. The third-order valence-corrected chi connectivity index (χ3v) is 5.84. The number of pyridine rings is 1. The second-order valence-electron chi connectivity index (χ2n) is 10.8. The number of halogens is 1. The van der Waals surface area contributed by atoms with Crippen molar-refractivity contribution >= 4 is 40.2 Å². The van der Waals surface area contributed by atoms with Crippen molar-refractivity contribution < 1.29 is 18.7 Å². The van der Waals surface area contributed by atoms with Crippen LogP contribution in [0.2, 0.25) is 0 Å². The van der Waals surface area contributed by atoms with E-state index < -0.39 is 29.5 Å².